The lowest BCUT2D eigenvalue weighted by Crippen LogP contribution is -2.37. The molecule has 1 N–H and O–H groups in total. The van der Waals surface area contributed by atoms with Gasteiger partial charge in [0.25, 0.3) is 5.91 Å². The SMILES string of the molecule is Cl.O=C(COc1cc(Cl)ccc1Cl)N1CCCNCC1. The predicted octanol–water partition coefficient (Wildman–Crippen LogP) is 2.62. The van der Waals surface area contributed by atoms with Gasteiger partial charge in [-0.1, -0.05) is 23.2 Å². The number of amides is 1. The molecule has 112 valence electrons. The Bertz CT molecular complexity index is 449. The highest BCUT2D eigenvalue weighted by molar-refractivity contribution is 6.34. The maximum Gasteiger partial charge on any atom is 0.260 e. The molecule has 1 heterocycles. The molecule has 1 saturated heterocycles. The summed E-state index contributed by atoms with van der Waals surface area (Å²) >= 11 is 11.8. The highest BCUT2D eigenvalue weighted by Gasteiger charge is 2.16. The van der Waals surface area contributed by atoms with Crippen LogP contribution in [0.3, 0.4) is 0 Å². The number of halogens is 3. The summed E-state index contributed by atoms with van der Waals surface area (Å²) < 4.78 is 5.45. The molecule has 0 unspecified atom stereocenters. The van der Waals surface area contributed by atoms with Crippen molar-refractivity contribution in [3.05, 3.63) is 28.2 Å². The van der Waals surface area contributed by atoms with Gasteiger partial charge in [0.15, 0.2) is 6.61 Å². The molecule has 0 bridgehead atoms. The maximum atomic E-state index is 12.0. The fourth-order valence-corrected chi connectivity index (χ4v) is 2.25. The molecule has 20 heavy (non-hydrogen) atoms. The van der Waals surface area contributed by atoms with Gasteiger partial charge in [-0.2, -0.15) is 0 Å². The first-order valence-electron chi connectivity index (χ1n) is 6.23. The highest BCUT2D eigenvalue weighted by Crippen LogP contribution is 2.27. The third kappa shape index (κ3) is 5.02. The van der Waals surface area contributed by atoms with Crippen LogP contribution in [0.2, 0.25) is 10.0 Å². The largest absolute Gasteiger partial charge is 0.482 e. The van der Waals surface area contributed by atoms with Crippen molar-refractivity contribution in [2.75, 3.05) is 32.8 Å². The van der Waals surface area contributed by atoms with E-state index in [0.717, 1.165) is 26.1 Å². The van der Waals surface area contributed by atoms with Gasteiger partial charge in [0, 0.05) is 30.7 Å². The first-order chi connectivity index (χ1) is 9.16. The summed E-state index contributed by atoms with van der Waals surface area (Å²) in [7, 11) is 0. The molecule has 4 nitrogen and oxygen atoms in total. The van der Waals surface area contributed by atoms with Gasteiger partial charge >= 0.3 is 0 Å². The second-order valence-electron chi connectivity index (χ2n) is 4.35. The van der Waals surface area contributed by atoms with Gasteiger partial charge in [0.2, 0.25) is 0 Å². The summed E-state index contributed by atoms with van der Waals surface area (Å²) in [5.74, 6) is 0.412. The summed E-state index contributed by atoms with van der Waals surface area (Å²) in [6, 6.07) is 4.94. The number of nitrogens with one attached hydrogen (secondary N) is 1. The first-order valence-corrected chi connectivity index (χ1v) is 6.99. The zero-order valence-corrected chi connectivity index (χ0v) is 13.2. The van der Waals surface area contributed by atoms with Crippen molar-refractivity contribution < 1.29 is 9.53 Å². The number of hydrogen-bond acceptors (Lipinski definition) is 3. The molecule has 7 heteroatoms. The van der Waals surface area contributed by atoms with Crippen LogP contribution >= 0.6 is 35.6 Å². The number of carbonyl (C=O) groups excluding carboxylic acids is 1. The van der Waals surface area contributed by atoms with Crippen LogP contribution in [0.15, 0.2) is 18.2 Å². The lowest BCUT2D eigenvalue weighted by atomic mass is 10.3. The molecule has 1 amide bonds. The molecule has 2 rings (SSSR count). The number of nitrogens with zero attached hydrogens (tertiary/aromatic N) is 1. The molecule has 1 aliphatic rings. The third-order valence-corrected chi connectivity index (χ3v) is 3.48. The van der Waals surface area contributed by atoms with E-state index in [9.17, 15) is 4.79 Å². The Morgan fingerprint density at radius 2 is 2.10 bits per heavy atom. The minimum atomic E-state index is -0.0280. The van der Waals surface area contributed by atoms with Crippen molar-refractivity contribution in [2.45, 2.75) is 6.42 Å². The number of carbonyl (C=O) groups is 1. The highest BCUT2D eigenvalue weighted by atomic mass is 35.5. The topological polar surface area (TPSA) is 41.6 Å². The Labute approximate surface area is 134 Å². The average molecular weight is 340 g/mol. The number of benzene rings is 1. The molecule has 0 radical (unpaired) electrons. The van der Waals surface area contributed by atoms with Crippen LogP contribution in [0.5, 0.6) is 5.75 Å². The zero-order chi connectivity index (χ0) is 13.7. The van der Waals surface area contributed by atoms with Crippen LogP contribution in [0, 0.1) is 0 Å². The maximum absolute atomic E-state index is 12.0. The van der Waals surface area contributed by atoms with E-state index in [0.29, 0.717) is 22.3 Å². The van der Waals surface area contributed by atoms with Gasteiger partial charge in [-0.15, -0.1) is 12.4 Å². The predicted molar refractivity (Wildman–Crippen MR) is 83.3 cm³/mol. The zero-order valence-electron chi connectivity index (χ0n) is 10.9. The van der Waals surface area contributed by atoms with Crippen LogP contribution in [0.25, 0.3) is 0 Å². The summed E-state index contributed by atoms with van der Waals surface area (Å²) in [4.78, 5) is 13.8. The Morgan fingerprint density at radius 3 is 2.90 bits per heavy atom. The van der Waals surface area contributed by atoms with Gasteiger partial charge in [0.05, 0.1) is 5.02 Å². The average Bonchev–Trinajstić information content (AvgIpc) is 2.68. The van der Waals surface area contributed by atoms with Crippen molar-refractivity contribution in [1.29, 1.82) is 0 Å². The van der Waals surface area contributed by atoms with E-state index in [1.165, 1.54) is 0 Å². The summed E-state index contributed by atoms with van der Waals surface area (Å²) in [5.41, 5.74) is 0. The number of rotatable bonds is 3. The molecule has 1 fully saturated rings. The normalized spacial score (nSPS) is 15.2. The van der Waals surface area contributed by atoms with E-state index in [2.05, 4.69) is 5.32 Å². The number of hydrogen-bond donors (Lipinski definition) is 1. The molecule has 1 aromatic carbocycles. The Hall–Kier alpha value is -0.680. The second kappa shape index (κ2) is 8.57. The van der Waals surface area contributed by atoms with Gasteiger partial charge in [0.1, 0.15) is 5.75 Å². The fraction of sp³-hybridized carbons (Fsp3) is 0.462. The third-order valence-electron chi connectivity index (χ3n) is 2.94. The smallest absolute Gasteiger partial charge is 0.260 e. The Kier molecular flexibility index (Phi) is 7.45. The van der Waals surface area contributed by atoms with Crippen molar-refractivity contribution in [2.24, 2.45) is 0 Å². The molecular formula is C13H17Cl3N2O2. The summed E-state index contributed by atoms with van der Waals surface area (Å²) in [5, 5.41) is 4.24. The van der Waals surface area contributed by atoms with Crippen LogP contribution < -0.4 is 10.1 Å². The summed E-state index contributed by atoms with van der Waals surface area (Å²) in [6.45, 7) is 3.23. The monoisotopic (exact) mass is 338 g/mol. The Balaban J connectivity index is 0.00000200. The first kappa shape index (κ1) is 17.4. The molecule has 0 aliphatic carbocycles. The standard InChI is InChI=1S/C13H16Cl2N2O2.ClH/c14-10-2-3-11(15)12(8-10)19-9-13(18)17-6-1-4-16-5-7-17;/h2-3,8,16H,1,4-7,9H2;1H. The number of ether oxygens (including phenoxy) is 1. The van der Waals surface area contributed by atoms with E-state index < -0.39 is 0 Å². The van der Waals surface area contributed by atoms with Crippen LogP contribution in [0.4, 0.5) is 0 Å². The van der Waals surface area contributed by atoms with E-state index in [1.54, 1.807) is 23.1 Å². The van der Waals surface area contributed by atoms with Crippen molar-refractivity contribution in [3.8, 4) is 5.75 Å². The minimum Gasteiger partial charge on any atom is -0.482 e. The van der Waals surface area contributed by atoms with E-state index >= 15 is 0 Å². The summed E-state index contributed by atoms with van der Waals surface area (Å²) in [6.07, 6.45) is 0.962. The van der Waals surface area contributed by atoms with Gasteiger partial charge < -0.3 is 15.0 Å². The van der Waals surface area contributed by atoms with Gasteiger partial charge in [-0.05, 0) is 25.1 Å². The van der Waals surface area contributed by atoms with E-state index in [-0.39, 0.29) is 24.9 Å². The Morgan fingerprint density at radius 1 is 1.30 bits per heavy atom. The molecule has 0 aromatic heterocycles. The lowest BCUT2D eigenvalue weighted by molar-refractivity contribution is -0.133. The van der Waals surface area contributed by atoms with Gasteiger partial charge in [-0.3, -0.25) is 4.79 Å². The molecule has 0 spiro atoms. The van der Waals surface area contributed by atoms with Crippen molar-refractivity contribution >= 4 is 41.5 Å². The van der Waals surface area contributed by atoms with E-state index in [4.69, 9.17) is 27.9 Å². The van der Waals surface area contributed by atoms with Crippen LogP contribution in [0.1, 0.15) is 6.42 Å². The fourth-order valence-electron chi connectivity index (χ4n) is 1.91. The minimum absolute atomic E-state index is 0. The second-order valence-corrected chi connectivity index (χ2v) is 5.19. The molecule has 1 aliphatic heterocycles. The molecule has 0 saturated carbocycles. The lowest BCUT2D eigenvalue weighted by Gasteiger charge is -2.20. The van der Waals surface area contributed by atoms with Crippen molar-refractivity contribution in [3.63, 3.8) is 0 Å². The van der Waals surface area contributed by atoms with Crippen LogP contribution in [-0.2, 0) is 4.79 Å². The van der Waals surface area contributed by atoms with Gasteiger partial charge in [-0.25, -0.2) is 0 Å². The quantitative estimate of drug-likeness (QED) is 0.920. The van der Waals surface area contributed by atoms with E-state index in [1.807, 2.05) is 0 Å². The molecule has 1 aromatic rings. The molecule has 0 atom stereocenters. The van der Waals surface area contributed by atoms with Crippen LogP contribution in [-0.4, -0.2) is 43.6 Å². The molecular weight excluding hydrogens is 323 g/mol. The van der Waals surface area contributed by atoms with Crippen molar-refractivity contribution in [1.82, 2.24) is 10.2 Å².